The number of nitrogens with zero attached hydrogens (tertiary/aromatic N) is 2. The first-order valence-corrected chi connectivity index (χ1v) is 10.2. The number of para-hydroxylation sites is 1. The molecule has 0 saturated carbocycles. The molecule has 32 heavy (non-hydrogen) atoms. The Morgan fingerprint density at radius 3 is 2.59 bits per heavy atom. The van der Waals surface area contributed by atoms with Crippen LogP contribution in [-0.4, -0.2) is 48.6 Å². The predicted octanol–water partition coefficient (Wildman–Crippen LogP) is 1.02. The maximum absolute atomic E-state index is 12.2. The van der Waals surface area contributed by atoms with Crippen molar-refractivity contribution >= 4 is 46.6 Å². The summed E-state index contributed by atoms with van der Waals surface area (Å²) in [6.45, 7) is 0. The number of benzene rings is 2. The molecule has 1 saturated heterocycles. The Hall–Kier alpha value is -3.86. The Kier molecular flexibility index (Phi) is 7.45. The zero-order valence-corrected chi connectivity index (χ0v) is 18.0. The van der Waals surface area contributed by atoms with Gasteiger partial charge in [-0.05, 0) is 24.3 Å². The molecule has 1 heterocycles. The van der Waals surface area contributed by atoms with Crippen LogP contribution >= 0.6 is 11.8 Å². The molecule has 0 aromatic heterocycles. The summed E-state index contributed by atoms with van der Waals surface area (Å²) in [5, 5.41) is 24.1. The molecule has 10 nitrogen and oxygen atoms in total. The van der Waals surface area contributed by atoms with E-state index >= 15 is 0 Å². The molecule has 166 valence electrons. The lowest BCUT2D eigenvalue weighted by Gasteiger charge is -2.15. The molecule has 0 radical (unpaired) electrons. The summed E-state index contributed by atoms with van der Waals surface area (Å²) in [6, 6.07) is 11.9. The third kappa shape index (κ3) is 5.43. The second-order valence-corrected chi connectivity index (χ2v) is 7.61. The van der Waals surface area contributed by atoms with Crippen molar-refractivity contribution in [2.24, 2.45) is 10.2 Å². The van der Waals surface area contributed by atoms with Crippen molar-refractivity contribution < 1.29 is 29.0 Å². The van der Waals surface area contributed by atoms with Gasteiger partial charge in [-0.25, -0.2) is 0 Å². The van der Waals surface area contributed by atoms with Crippen molar-refractivity contribution in [2.75, 3.05) is 19.5 Å². The highest BCUT2D eigenvalue weighted by atomic mass is 32.2. The van der Waals surface area contributed by atoms with Gasteiger partial charge in [-0.1, -0.05) is 30.0 Å². The van der Waals surface area contributed by atoms with Gasteiger partial charge in [0.15, 0.2) is 16.7 Å². The van der Waals surface area contributed by atoms with E-state index in [4.69, 9.17) is 9.47 Å². The van der Waals surface area contributed by atoms with Gasteiger partial charge in [0, 0.05) is 17.7 Å². The van der Waals surface area contributed by atoms with Crippen molar-refractivity contribution in [3.63, 3.8) is 0 Å². The number of amidine groups is 1. The normalized spacial score (nSPS) is 16.8. The van der Waals surface area contributed by atoms with Gasteiger partial charge in [0.2, 0.25) is 11.8 Å². The Labute approximate surface area is 187 Å². The summed E-state index contributed by atoms with van der Waals surface area (Å²) in [7, 11) is 2.69. The van der Waals surface area contributed by atoms with Crippen LogP contribution in [-0.2, 0) is 9.59 Å². The second-order valence-electron chi connectivity index (χ2n) is 6.42. The third-order valence-electron chi connectivity index (χ3n) is 4.33. The van der Waals surface area contributed by atoms with Crippen LogP contribution in [0.1, 0.15) is 22.3 Å². The SMILES string of the molecule is COc1ccc(/C=N\N=C2\NC(=O)[C@H](CC(=O)Nc3ccccc3)S2)c(C(=O)[O-])c1OC. The molecule has 2 aromatic rings. The molecule has 3 rings (SSSR count). The summed E-state index contributed by atoms with van der Waals surface area (Å²) in [6.07, 6.45) is 1.15. The minimum absolute atomic E-state index is 0.00265. The molecule has 0 unspecified atom stereocenters. The highest BCUT2D eigenvalue weighted by Crippen LogP contribution is 2.32. The van der Waals surface area contributed by atoms with Gasteiger partial charge in [-0.2, -0.15) is 5.10 Å². The van der Waals surface area contributed by atoms with Gasteiger partial charge in [0.1, 0.15) is 5.25 Å². The topological polar surface area (TPSA) is 142 Å². The molecule has 0 spiro atoms. The molecule has 0 bridgehead atoms. The molecule has 2 amide bonds. The lowest BCUT2D eigenvalue weighted by atomic mass is 10.1. The van der Waals surface area contributed by atoms with Gasteiger partial charge < -0.3 is 30.0 Å². The van der Waals surface area contributed by atoms with Crippen molar-refractivity contribution in [2.45, 2.75) is 11.7 Å². The van der Waals surface area contributed by atoms with E-state index in [1.165, 1.54) is 32.6 Å². The highest BCUT2D eigenvalue weighted by molar-refractivity contribution is 8.15. The standard InChI is InChI=1S/C21H20N4O6S/c1-30-14-9-8-12(17(20(28)29)18(14)31-2)11-22-25-21-24-19(27)15(32-21)10-16(26)23-13-6-4-3-5-7-13/h3-9,11,15H,10H2,1-2H3,(H,23,26)(H,28,29)(H,24,25,27)/p-1/b22-11-/t15-/m0/s1. The number of thioether (sulfide) groups is 1. The van der Waals surface area contributed by atoms with E-state index in [0.717, 1.165) is 11.8 Å². The summed E-state index contributed by atoms with van der Waals surface area (Å²) in [4.78, 5) is 35.9. The maximum atomic E-state index is 12.2. The first-order chi connectivity index (χ1) is 15.4. The predicted molar refractivity (Wildman–Crippen MR) is 118 cm³/mol. The van der Waals surface area contributed by atoms with E-state index in [2.05, 4.69) is 20.8 Å². The van der Waals surface area contributed by atoms with Crippen LogP contribution in [0.25, 0.3) is 0 Å². The van der Waals surface area contributed by atoms with E-state index < -0.39 is 11.2 Å². The smallest absolute Gasteiger partial charge is 0.240 e. The molecule has 1 aliphatic heterocycles. The average Bonchev–Trinajstić information content (AvgIpc) is 3.12. The number of carboxylic acids is 1. The molecule has 1 aliphatic rings. The molecular weight excluding hydrogens is 436 g/mol. The van der Waals surface area contributed by atoms with E-state index in [1.807, 2.05) is 6.07 Å². The van der Waals surface area contributed by atoms with Crippen molar-refractivity contribution in [1.29, 1.82) is 0 Å². The monoisotopic (exact) mass is 455 g/mol. The zero-order valence-electron chi connectivity index (χ0n) is 17.2. The fraction of sp³-hybridized carbons (Fsp3) is 0.190. The molecule has 1 atom stereocenters. The minimum Gasteiger partial charge on any atom is -0.545 e. The number of carboxylic acid groups (broad SMARTS) is 1. The van der Waals surface area contributed by atoms with Crippen LogP contribution in [0.5, 0.6) is 11.5 Å². The van der Waals surface area contributed by atoms with Crippen LogP contribution in [0.15, 0.2) is 52.7 Å². The zero-order chi connectivity index (χ0) is 23.1. The molecule has 2 N–H and O–H groups in total. The van der Waals surface area contributed by atoms with Crippen LogP contribution in [0.3, 0.4) is 0 Å². The van der Waals surface area contributed by atoms with Gasteiger partial charge >= 0.3 is 0 Å². The summed E-state index contributed by atoms with van der Waals surface area (Å²) in [5.74, 6) is -1.92. The number of carbonyl (C=O) groups excluding carboxylic acids is 3. The number of rotatable bonds is 8. The fourth-order valence-electron chi connectivity index (χ4n) is 2.89. The van der Waals surface area contributed by atoms with E-state index in [-0.39, 0.29) is 46.0 Å². The van der Waals surface area contributed by atoms with Crippen LogP contribution < -0.4 is 25.2 Å². The number of hydrogen-bond acceptors (Lipinski definition) is 9. The number of amides is 2. The van der Waals surface area contributed by atoms with E-state index in [1.54, 1.807) is 24.3 Å². The summed E-state index contributed by atoms with van der Waals surface area (Å²) in [5.41, 5.74) is 0.576. The Balaban J connectivity index is 1.68. The maximum Gasteiger partial charge on any atom is 0.240 e. The lowest BCUT2D eigenvalue weighted by Crippen LogP contribution is -2.28. The van der Waals surface area contributed by atoms with Gasteiger partial charge in [0.25, 0.3) is 0 Å². The summed E-state index contributed by atoms with van der Waals surface area (Å²) >= 11 is 1.06. The molecular formula is C21H19N4O6S-. The highest BCUT2D eigenvalue weighted by Gasteiger charge is 2.32. The van der Waals surface area contributed by atoms with E-state index in [0.29, 0.717) is 5.69 Å². The van der Waals surface area contributed by atoms with Gasteiger partial charge in [0.05, 0.1) is 32.0 Å². The van der Waals surface area contributed by atoms with Crippen LogP contribution in [0.2, 0.25) is 0 Å². The number of anilines is 1. The molecule has 11 heteroatoms. The van der Waals surface area contributed by atoms with Crippen molar-refractivity contribution in [3.05, 3.63) is 53.6 Å². The fourth-order valence-corrected chi connectivity index (χ4v) is 3.82. The van der Waals surface area contributed by atoms with E-state index in [9.17, 15) is 19.5 Å². The Morgan fingerprint density at radius 2 is 1.94 bits per heavy atom. The first kappa shape index (κ1) is 22.8. The number of methoxy groups -OCH3 is 2. The summed E-state index contributed by atoms with van der Waals surface area (Å²) < 4.78 is 10.2. The number of nitrogens with one attached hydrogen (secondary N) is 2. The lowest BCUT2D eigenvalue weighted by molar-refractivity contribution is -0.255. The third-order valence-corrected chi connectivity index (χ3v) is 5.40. The number of aromatic carboxylic acids is 1. The molecule has 1 fully saturated rings. The number of carbonyl (C=O) groups is 3. The largest absolute Gasteiger partial charge is 0.545 e. The van der Waals surface area contributed by atoms with Gasteiger partial charge in [-0.3, -0.25) is 9.59 Å². The molecule has 2 aromatic carbocycles. The second kappa shape index (κ2) is 10.4. The average molecular weight is 455 g/mol. The minimum atomic E-state index is -1.47. The Morgan fingerprint density at radius 1 is 1.19 bits per heavy atom. The van der Waals surface area contributed by atoms with Crippen molar-refractivity contribution in [3.8, 4) is 11.5 Å². The van der Waals surface area contributed by atoms with Gasteiger partial charge in [-0.15, -0.1) is 5.10 Å². The number of hydrogen-bond donors (Lipinski definition) is 2. The Bertz CT molecular complexity index is 1090. The van der Waals surface area contributed by atoms with Crippen molar-refractivity contribution in [1.82, 2.24) is 5.32 Å². The number of ether oxygens (including phenoxy) is 2. The first-order valence-electron chi connectivity index (χ1n) is 9.32. The quantitative estimate of drug-likeness (QED) is 0.447. The van der Waals surface area contributed by atoms with Crippen LogP contribution in [0, 0.1) is 0 Å². The molecule has 0 aliphatic carbocycles. The van der Waals surface area contributed by atoms with Crippen LogP contribution in [0.4, 0.5) is 5.69 Å².